The molecule has 0 aromatic heterocycles. The molecule has 0 bridgehead atoms. The van der Waals surface area contributed by atoms with Gasteiger partial charge in [-0.3, -0.25) is 0 Å². The lowest BCUT2D eigenvalue weighted by Crippen LogP contribution is -2.57. The van der Waals surface area contributed by atoms with Crippen LogP contribution in [0.25, 0.3) is 0 Å². The van der Waals surface area contributed by atoms with Crippen LogP contribution in [0.2, 0.25) is 0 Å². The molecule has 60 valence electrons. The maximum absolute atomic E-state index is 5.52. The van der Waals surface area contributed by atoms with E-state index in [9.17, 15) is 0 Å². The van der Waals surface area contributed by atoms with Crippen LogP contribution in [0.5, 0.6) is 0 Å². The van der Waals surface area contributed by atoms with E-state index in [0.717, 1.165) is 19.6 Å². The van der Waals surface area contributed by atoms with Crippen molar-refractivity contribution in [3.8, 4) is 0 Å². The van der Waals surface area contributed by atoms with Gasteiger partial charge in [0, 0.05) is 31.7 Å². The lowest BCUT2D eigenvalue weighted by atomic mass is 10.1. The molecule has 4 N–H and O–H groups in total. The summed E-state index contributed by atoms with van der Waals surface area (Å²) in [6.45, 7) is 5.04. The third-order valence-electron chi connectivity index (χ3n) is 2.03. The minimum Gasteiger partial charge on any atom is -0.329 e. The number of hydrogen-bond acceptors (Lipinski definition) is 3. The zero-order valence-electron chi connectivity index (χ0n) is 6.56. The molecule has 0 aromatic rings. The lowest BCUT2D eigenvalue weighted by molar-refractivity contribution is 0.336. The van der Waals surface area contributed by atoms with E-state index < -0.39 is 0 Å². The molecule has 0 radical (unpaired) electrons. The normalized spacial score (nSPS) is 34.2. The minimum absolute atomic E-state index is 0.485. The molecule has 1 rings (SSSR count). The smallest absolute Gasteiger partial charge is 0.0318 e. The highest BCUT2D eigenvalue weighted by Crippen LogP contribution is 1.96. The van der Waals surface area contributed by atoms with E-state index in [-0.39, 0.29) is 0 Å². The molecular weight excluding hydrogens is 126 g/mol. The topological polar surface area (TPSA) is 50.1 Å². The highest BCUT2D eigenvalue weighted by atomic mass is 15.1. The van der Waals surface area contributed by atoms with Gasteiger partial charge >= 0.3 is 0 Å². The number of piperazine rings is 1. The van der Waals surface area contributed by atoms with Crippen molar-refractivity contribution in [3.05, 3.63) is 0 Å². The first-order chi connectivity index (χ1) is 4.86. The minimum atomic E-state index is 0.485. The molecule has 2 unspecified atom stereocenters. The summed E-state index contributed by atoms with van der Waals surface area (Å²) < 4.78 is 0. The summed E-state index contributed by atoms with van der Waals surface area (Å²) in [5.74, 6) is 0. The first kappa shape index (κ1) is 7.98. The molecule has 1 fully saturated rings. The summed E-state index contributed by atoms with van der Waals surface area (Å²) in [7, 11) is 0. The predicted molar refractivity (Wildman–Crippen MR) is 42.9 cm³/mol. The monoisotopic (exact) mass is 143 g/mol. The summed E-state index contributed by atoms with van der Waals surface area (Å²) in [6.07, 6.45) is 1.18. The van der Waals surface area contributed by atoms with E-state index in [1.54, 1.807) is 0 Å². The van der Waals surface area contributed by atoms with E-state index in [0.29, 0.717) is 12.1 Å². The maximum Gasteiger partial charge on any atom is 0.0318 e. The van der Waals surface area contributed by atoms with Crippen molar-refractivity contribution in [1.82, 2.24) is 10.6 Å². The Morgan fingerprint density at radius 1 is 1.40 bits per heavy atom. The van der Waals surface area contributed by atoms with Crippen LogP contribution in [-0.4, -0.2) is 31.7 Å². The molecule has 0 amide bonds. The molecule has 3 heteroatoms. The molecule has 0 aromatic carbocycles. The first-order valence-electron chi connectivity index (χ1n) is 4.03. The standard InChI is InChI=1S/C7H17N3/c1-2-6-4-9-5-7(3-8)10-6/h6-7,9-10H,2-5,8H2,1H3. The Balaban J connectivity index is 2.25. The van der Waals surface area contributed by atoms with E-state index in [4.69, 9.17) is 5.73 Å². The predicted octanol–water partition coefficient (Wildman–Crippen LogP) is -0.715. The summed E-state index contributed by atoms with van der Waals surface area (Å²) in [6, 6.07) is 1.11. The highest BCUT2D eigenvalue weighted by molar-refractivity contribution is 4.82. The van der Waals surface area contributed by atoms with Crippen LogP contribution in [0.1, 0.15) is 13.3 Å². The fourth-order valence-electron chi connectivity index (χ4n) is 1.30. The van der Waals surface area contributed by atoms with Crippen molar-refractivity contribution in [2.24, 2.45) is 5.73 Å². The van der Waals surface area contributed by atoms with Gasteiger partial charge in [-0.25, -0.2) is 0 Å². The summed E-state index contributed by atoms with van der Waals surface area (Å²) >= 11 is 0. The highest BCUT2D eigenvalue weighted by Gasteiger charge is 2.16. The number of hydrogen-bond donors (Lipinski definition) is 3. The lowest BCUT2D eigenvalue weighted by Gasteiger charge is -2.30. The number of nitrogens with two attached hydrogens (primary N) is 1. The molecule has 2 atom stereocenters. The molecular formula is C7H17N3. The van der Waals surface area contributed by atoms with Gasteiger partial charge in [0.05, 0.1) is 0 Å². The van der Waals surface area contributed by atoms with Crippen LogP contribution < -0.4 is 16.4 Å². The van der Waals surface area contributed by atoms with Gasteiger partial charge in [-0.2, -0.15) is 0 Å². The van der Waals surface area contributed by atoms with E-state index >= 15 is 0 Å². The van der Waals surface area contributed by atoms with Gasteiger partial charge in [-0.05, 0) is 6.42 Å². The molecule has 0 spiro atoms. The average Bonchev–Trinajstić information content (AvgIpc) is 2.05. The van der Waals surface area contributed by atoms with Gasteiger partial charge in [0.2, 0.25) is 0 Å². The fourth-order valence-corrected chi connectivity index (χ4v) is 1.30. The van der Waals surface area contributed by atoms with Crippen LogP contribution >= 0.6 is 0 Å². The third-order valence-corrected chi connectivity index (χ3v) is 2.03. The Bertz CT molecular complexity index is 84.9. The molecule has 0 saturated carbocycles. The molecule has 1 saturated heterocycles. The third kappa shape index (κ3) is 1.94. The van der Waals surface area contributed by atoms with E-state index in [1.807, 2.05) is 0 Å². The van der Waals surface area contributed by atoms with Crippen molar-refractivity contribution in [2.45, 2.75) is 25.4 Å². The summed E-state index contributed by atoms with van der Waals surface area (Å²) in [5, 5.41) is 6.81. The van der Waals surface area contributed by atoms with Gasteiger partial charge < -0.3 is 16.4 Å². The van der Waals surface area contributed by atoms with Gasteiger partial charge in [-0.1, -0.05) is 6.92 Å². The molecule has 1 heterocycles. The van der Waals surface area contributed by atoms with Crippen LogP contribution in [0.4, 0.5) is 0 Å². The maximum atomic E-state index is 5.52. The zero-order chi connectivity index (χ0) is 7.40. The molecule has 10 heavy (non-hydrogen) atoms. The Morgan fingerprint density at radius 3 is 2.70 bits per heavy atom. The molecule has 1 aliphatic heterocycles. The van der Waals surface area contributed by atoms with Crippen LogP contribution in [0, 0.1) is 0 Å². The van der Waals surface area contributed by atoms with E-state index in [1.165, 1.54) is 6.42 Å². The quantitative estimate of drug-likeness (QED) is 0.478. The van der Waals surface area contributed by atoms with Crippen LogP contribution in [-0.2, 0) is 0 Å². The van der Waals surface area contributed by atoms with Gasteiger partial charge in [0.25, 0.3) is 0 Å². The second-order valence-electron chi connectivity index (χ2n) is 2.86. The second-order valence-corrected chi connectivity index (χ2v) is 2.86. The van der Waals surface area contributed by atoms with Gasteiger partial charge in [0.1, 0.15) is 0 Å². The Kier molecular flexibility index (Phi) is 3.12. The Morgan fingerprint density at radius 2 is 2.10 bits per heavy atom. The fraction of sp³-hybridized carbons (Fsp3) is 1.00. The SMILES string of the molecule is CCC1CNCC(CN)N1. The Labute approximate surface area is 62.4 Å². The molecule has 0 aliphatic carbocycles. The molecule has 1 aliphatic rings. The van der Waals surface area contributed by atoms with Crippen molar-refractivity contribution in [3.63, 3.8) is 0 Å². The van der Waals surface area contributed by atoms with Crippen LogP contribution in [0.15, 0.2) is 0 Å². The van der Waals surface area contributed by atoms with Gasteiger partial charge in [0.15, 0.2) is 0 Å². The van der Waals surface area contributed by atoms with Crippen molar-refractivity contribution >= 4 is 0 Å². The summed E-state index contributed by atoms with van der Waals surface area (Å²) in [4.78, 5) is 0. The van der Waals surface area contributed by atoms with Gasteiger partial charge in [-0.15, -0.1) is 0 Å². The molecule has 3 nitrogen and oxygen atoms in total. The number of rotatable bonds is 2. The first-order valence-corrected chi connectivity index (χ1v) is 4.03. The number of nitrogens with one attached hydrogen (secondary N) is 2. The van der Waals surface area contributed by atoms with Crippen LogP contribution in [0.3, 0.4) is 0 Å². The van der Waals surface area contributed by atoms with E-state index in [2.05, 4.69) is 17.6 Å². The van der Waals surface area contributed by atoms with Crippen molar-refractivity contribution < 1.29 is 0 Å². The van der Waals surface area contributed by atoms with Crippen molar-refractivity contribution in [1.29, 1.82) is 0 Å². The van der Waals surface area contributed by atoms with Crippen molar-refractivity contribution in [2.75, 3.05) is 19.6 Å². The zero-order valence-corrected chi connectivity index (χ0v) is 6.56. The largest absolute Gasteiger partial charge is 0.329 e. The average molecular weight is 143 g/mol. The Hall–Kier alpha value is -0.120. The second kappa shape index (κ2) is 3.91. The summed E-state index contributed by atoms with van der Waals surface area (Å²) in [5.41, 5.74) is 5.52.